The summed E-state index contributed by atoms with van der Waals surface area (Å²) in [4.78, 5) is 5.67. The Morgan fingerprint density at radius 3 is 3.13 bits per heavy atom. The van der Waals surface area contributed by atoms with Crippen molar-refractivity contribution >= 4 is 0 Å². The van der Waals surface area contributed by atoms with E-state index in [9.17, 15) is 5.11 Å². The maximum absolute atomic E-state index is 9.36. The van der Waals surface area contributed by atoms with Crippen LogP contribution in [0.3, 0.4) is 0 Å². The van der Waals surface area contributed by atoms with Gasteiger partial charge in [-0.1, -0.05) is 6.42 Å². The van der Waals surface area contributed by atoms with E-state index < -0.39 is 0 Å². The van der Waals surface area contributed by atoms with Crippen LogP contribution in [-0.2, 0) is 0 Å². The summed E-state index contributed by atoms with van der Waals surface area (Å²) in [5.41, 5.74) is 1.25. The van der Waals surface area contributed by atoms with Gasteiger partial charge in [0.05, 0.1) is 6.61 Å². The third-order valence-corrected chi connectivity index (χ3v) is 3.45. The molecule has 2 rings (SSSR count). The van der Waals surface area contributed by atoms with Crippen molar-refractivity contribution in [3.05, 3.63) is 24.0 Å². The molecule has 0 saturated carbocycles. The van der Waals surface area contributed by atoms with E-state index in [1.54, 1.807) is 0 Å². The number of hydrogen-bond donors (Lipinski definition) is 2. The number of aliphatic hydroxyl groups is 1. The Balaban J connectivity index is 2.07. The zero-order valence-electron chi connectivity index (χ0n) is 9.32. The quantitative estimate of drug-likeness (QED) is 0.796. The van der Waals surface area contributed by atoms with E-state index in [0.717, 1.165) is 13.0 Å². The van der Waals surface area contributed by atoms with Crippen LogP contribution in [0, 0.1) is 0 Å². The van der Waals surface area contributed by atoms with Gasteiger partial charge < -0.3 is 10.1 Å². The van der Waals surface area contributed by atoms with Gasteiger partial charge in [-0.25, -0.2) is 0 Å². The van der Waals surface area contributed by atoms with Crippen LogP contribution in [-0.4, -0.2) is 34.2 Å². The Labute approximate surface area is 91.1 Å². The normalized spacial score (nSPS) is 25.3. The number of aromatic amines is 1. The van der Waals surface area contributed by atoms with Crippen molar-refractivity contribution in [2.24, 2.45) is 0 Å². The van der Waals surface area contributed by atoms with Crippen molar-refractivity contribution in [3.8, 4) is 0 Å². The predicted molar refractivity (Wildman–Crippen MR) is 60.6 cm³/mol. The van der Waals surface area contributed by atoms with Gasteiger partial charge in [0, 0.05) is 24.0 Å². The lowest BCUT2D eigenvalue weighted by Crippen LogP contribution is -2.43. The van der Waals surface area contributed by atoms with Gasteiger partial charge in [-0.2, -0.15) is 0 Å². The number of nitrogens with one attached hydrogen (secondary N) is 1. The molecular formula is C12H20N2O. The van der Waals surface area contributed by atoms with Crippen LogP contribution in [0.15, 0.2) is 18.3 Å². The highest BCUT2D eigenvalue weighted by Gasteiger charge is 2.26. The number of hydrogen-bond acceptors (Lipinski definition) is 2. The summed E-state index contributed by atoms with van der Waals surface area (Å²) in [6.45, 7) is 3.59. The van der Waals surface area contributed by atoms with Crippen LogP contribution >= 0.6 is 0 Å². The zero-order chi connectivity index (χ0) is 10.7. The molecule has 0 unspecified atom stereocenters. The second kappa shape index (κ2) is 4.81. The molecule has 1 aromatic rings. The molecule has 3 nitrogen and oxygen atoms in total. The molecule has 3 heteroatoms. The van der Waals surface area contributed by atoms with Gasteiger partial charge in [-0.15, -0.1) is 0 Å². The van der Waals surface area contributed by atoms with E-state index in [1.165, 1.54) is 18.5 Å². The molecule has 1 fully saturated rings. The molecule has 0 aliphatic carbocycles. The molecule has 1 aliphatic rings. The third-order valence-electron chi connectivity index (χ3n) is 3.45. The molecule has 2 heterocycles. The lowest BCUT2D eigenvalue weighted by molar-refractivity contribution is 0.0575. The van der Waals surface area contributed by atoms with Gasteiger partial charge in [0.2, 0.25) is 0 Å². The number of H-pyrrole nitrogens is 1. The first-order valence-corrected chi connectivity index (χ1v) is 5.83. The number of aliphatic hydroxyl groups excluding tert-OH is 1. The minimum Gasteiger partial charge on any atom is -0.395 e. The largest absolute Gasteiger partial charge is 0.395 e. The summed E-state index contributed by atoms with van der Waals surface area (Å²) < 4.78 is 0. The first-order chi connectivity index (χ1) is 7.33. The Kier molecular flexibility index (Phi) is 3.44. The Morgan fingerprint density at radius 1 is 1.60 bits per heavy atom. The smallest absolute Gasteiger partial charge is 0.0587 e. The van der Waals surface area contributed by atoms with Gasteiger partial charge in [-0.05, 0) is 38.4 Å². The van der Waals surface area contributed by atoms with E-state index in [0.29, 0.717) is 12.1 Å². The molecule has 0 aromatic carbocycles. The van der Waals surface area contributed by atoms with Crippen molar-refractivity contribution in [2.75, 3.05) is 13.2 Å². The summed E-state index contributed by atoms with van der Waals surface area (Å²) in [6, 6.07) is 4.88. The molecule has 1 saturated heterocycles. The second-order valence-electron chi connectivity index (χ2n) is 4.37. The van der Waals surface area contributed by atoms with Crippen molar-refractivity contribution in [1.29, 1.82) is 0 Å². The van der Waals surface area contributed by atoms with Crippen molar-refractivity contribution < 1.29 is 5.11 Å². The fourth-order valence-corrected chi connectivity index (χ4v) is 2.51. The summed E-state index contributed by atoms with van der Waals surface area (Å²) >= 11 is 0. The first-order valence-electron chi connectivity index (χ1n) is 5.83. The molecule has 1 aliphatic heterocycles. The summed E-state index contributed by atoms with van der Waals surface area (Å²) in [6.07, 6.45) is 5.59. The molecule has 15 heavy (non-hydrogen) atoms. The molecule has 0 amide bonds. The highest BCUT2D eigenvalue weighted by molar-refractivity contribution is 5.09. The predicted octanol–water partition coefficient (Wildman–Crippen LogP) is 1.92. The van der Waals surface area contributed by atoms with E-state index in [4.69, 9.17) is 0 Å². The lowest BCUT2D eigenvalue weighted by Gasteiger charge is -2.38. The summed E-state index contributed by atoms with van der Waals surface area (Å²) in [7, 11) is 0. The second-order valence-corrected chi connectivity index (χ2v) is 4.37. The molecule has 84 valence electrons. The molecule has 0 spiro atoms. The fraction of sp³-hybridized carbons (Fsp3) is 0.667. The van der Waals surface area contributed by atoms with E-state index in [2.05, 4.69) is 22.9 Å². The van der Waals surface area contributed by atoms with E-state index in [1.807, 2.05) is 12.3 Å². The minimum atomic E-state index is 0.283. The molecular weight excluding hydrogens is 188 g/mol. The molecule has 0 radical (unpaired) electrons. The summed E-state index contributed by atoms with van der Waals surface area (Å²) in [5, 5.41) is 9.36. The van der Waals surface area contributed by atoms with Crippen LogP contribution in [0.1, 0.15) is 37.9 Å². The van der Waals surface area contributed by atoms with Gasteiger partial charge in [-0.3, -0.25) is 4.90 Å². The van der Waals surface area contributed by atoms with Crippen LogP contribution in [0.4, 0.5) is 0 Å². The van der Waals surface area contributed by atoms with Gasteiger partial charge in [0.15, 0.2) is 0 Å². The molecule has 1 aromatic heterocycles. The minimum absolute atomic E-state index is 0.283. The first kappa shape index (κ1) is 10.7. The fourth-order valence-electron chi connectivity index (χ4n) is 2.51. The number of piperidine rings is 1. The molecule has 2 atom stereocenters. The topological polar surface area (TPSA) is 39.3 Å². The number of rotatable bonds is 3. The van der Waals surface area contributed by atoms with Crippen molar-refractivity contribution in [3.63, 3.8) is 0 Å². The van der Waals surface area contributed by atoms with Gasteiger partial charge in [0.25, 0.3) is 0 Å². The standard InChI is InChI=1S/C12H20N2O/c1-10(12-6-4-7-13-12)14-8-3-2-5-11(14)9-15/h4,6-7,10-11,13,15H,2-3,5,8-9H2,1H3/t10-,11+/m1/s1. The Morgan fingerprint density at radius 2 is 2.47 bits per heavy atom. The maximum atomic E-state index is 9.36. The highest BCUT2D eigenvalue weighted by Crippen LogP contribution is 2.27. The van der Waals surface area contributed by atoms with Gasteiger partial charge in [0.1, 0.15) is 0 Å². The van der Waals surface area contributed by atoms with Crippen LogP contribution in [0.5, 0.6) is 0 Å². The van der Waals surface area contributed by atoms with E-state index >= 15 is 0 Å². The Hall–Kier alpha value is -0.800. The van der Waals surface area contributed by atoms with Crippen LogP contribution in [0.2, 0.25) is 0 Å². The molecule has 0 bridgehead atoms. The average molecular weight is 208 g/mol. The van der Waals surface area contributed by atoms with E-state index in [-0.39, 0.29) is 6.61 Å². The monoisotopic (exact) mass is 208 g/mol. The lowest BCUT2D eigenvalue weighted by atomic mass is 10.00. The maximum Gasteiger partial charge on any atom is 0.0587 e. The molecule has 2 N–H and O–H groups in total. The number of aromatic nitrogens is 1. The highest BCUT2D eigenvalue weighted by atomic mass is 16.3. The zero-order valence-corrected chi connectivity index (χ0v) is 9.32. The Bertz CT molecular complexity index is 284. The number of likely N-dealkylation sites (tertiary alicyclic amines) is 1. The third kappa shape index (κ3) is 2.24. The summed E-state index contributed by atoms with van der Waals surface area (Å²) in [5.74, 6) is 0. The van der Waals surface area contributed by atoms with Crippen molar-refractivity contribution in [2.45, 2.75) is 38.3 Å². The SMILES string of the molecule is C[C@H](c1ccc[nH]1)N1CCCC[C@H]1CO. The van der Waals surface area contributed by atoms with Crippen molar-refractivity contribution in [1.82, 2.24) is 9.88 Å². The number of nitrogens with zero attached hydrogens (tertiary/aromatic N) is 1. The van der Waals surface area contributed by atoms with Crippen LogP contribution < -0.4 is 0 Å². The van der Waals surface area contributed by atoms with Gasteiger partial charge >= 0.3 is 0 Å². The average Bonchev–Trinajstić information content (AvgIpc) is 2.81. The van der Waals surface area contributed by atoms with Crippen LogP contribution in [0.25, 0.3) is 0 Å².